The van der Waals surface area contributed by atoms with Gasteiger partial charge in [0.1, 0.15) is 5.75 Å². The molecule has 0 saturated heterocycles. The first-order valence-electron chi connectivity index (χ1n) is 4.29. The summed E-state index contributed by atoms with van der Waals surface area (Å²) >= 11 is 1.73. The number of carbonyl (C=O) groups excluding carboxylic acids is 1. The Kier molecular flexibility index (Phi) is 4.17. The summed E-state index contributed by atoms with van der Waals surface area (Å²) in [7, 11) is 0. The van der Waals surface area contributed by atoms with E-state index in [4.69, 9.17) is 0 Å². The van der Waals surface area contributed by atoms with E-state index in [0.29, 0.717) is 0 Å². The summed E-state index contributed by atoms with van der Waals surface area (Å²) in [5, 5.41) is 0. The summed E-state index contributed by atoms with van der Waals surface area (Å²) in [6, 6.07) is 3.63. The zero-order valence-corrected chi connectivity index (χ0v) is 10.4. The van der Waals surface area contributed by atoms with Crippen molar-refractivity contribution in [1.82, 2.24) is 0 Å². The molecule has 0 bridgehead atoms. The third-order valence-corrected chi connectivity index (χ3v) is 2.47. The van der Waals surface area contributed by atoms with Gasteiger partial charge >= 0.3 is 12.1 Å². The molecule has 0 unspecified atom stereocenters. The molecule has 0 spiro atoms. The first-order valence-corrected chi connectivity index (χ1v) is 5.82. The third-order valence-electron chi connectivity index (χ3n) is 1.84. The van der Waals surface area contributed by atoms with Crippen molar-refractivity contribution in [2.24, 2.45) is 0 Å². The number of esters is 1. The van der Waals surface area contributed by atoms with E-state index in [0.717, 1.165) is 6.07 Å². The Bertz CT molecular complexity index is 402. The Labute approximate surface area is 104 Å². The number of aryl methyl sites for hydroxylation is 1. The van der Waals surface area contributed by atoms with Crippen LogP contribution in [0.15, 0.2) is 18.2 Å². The molecule has 0 heterocycles. The Morgan fingerprint density at radius 2 is 2.06 bits per heavy atom. The highest BCUT2D eigenvalue weighted by Gasteiger charge is 2.35. The first kappa shape index (κ1) is 13.3. The summed E-state index contributed by atoms with van der Waals surface area (Å²) in [5.74, 6) is -1.10. The number of carbonyl (C=O) groups is 1. The molecule has 1 aromatic rings. The minimum absolute atomic E-state index is 0.00336. The summed E-state index contributed by atoms with van der Waals surface area (Å²) < 4.78 is 42.5. The largest absolute Gasteiger partial charge is 0.425 e. The van der Waals surface area contributed by atoms with Crippen molar-refractivity contribution in [3.8, 4) is 5.75 Å². The molecule has 0 aliphatic rings. The van der Waals surface area contributed by atoms with Crippen molar-refractivity contribution in [3.63, 3.8) is 0 Å². The number of para-hydroxylation sites is 1. The van der Waals surface area contributed by atoms with Gasteiger partial charge in [0.15, 0.2) is 0 Å². The molecular formula is C10H8F3IO2. The molecule has 0 fully saturated rings. The van der Waals surface area contributed by atoms with Gasteiger partial charge in [-0.15, -0.1) is 0 Å². The van der Waals surface area contributed by atoms with Crippen LogP contribution >= 0.6 is 22.6 Å². The van der Waals surface area contributed by atoms with Crippen LogP contribution in [0.25, 0.3) is 0 Å². The quantitative estimate of drug-likeness (QED) is 0.356. The molecule has 2 nitrogen and oxygen atoms in total. The fourth-order valence-corrected chi connectivity index (χ4v) is 1.31. The molecule has 0 saturated carbocycles. The number of hydrogen-bond acceptors (Lipinski definition) is 2. The highest BCUT2D eigenvalue weighted by Crippen LogP contribution is 2.37. The van der Waals surface area contributed by atoms with E-state index in [1.165, 1.54) is 19.1 Å². The van der Waals surface area contributed by atoms with Crippen LogP contribution in [-0.2, 0) is 11.0 Å². The minimum atomic E-state index is -4.52. The molecule has 88 valence electrons. The third kappa shape index (κ3) is 3.10. The molecule has 1 aromatic carbocycles. The standard InChI is InChI=1S/C10H8F3IO2/c1-6-3-2-4-7(10(11,12)13)9(6)16-8(15)5-14/h2-4H,5H2,1H3. The lowest BCUT2D eigenvalue weighted by atomic mass is 10.1. The van der Waals surface area contributed by atoms with E-state index in [9.17, 15) is 18.0 Å². The molecular weight excluding hydrogens is 336 g/mol. The van der Waals surface area contributed by atoms with Crippen LogP contribution in [0.5, 0.6) is 5.75 Å². The van der Waals surface area contributed by atoms with Crippen LogP contribution in [0, 0.1) is 6.92 Å². The van der Waals surface area contributed by atoms with Gasteiger partial charge in [-0.1, -0.05) is 34.7 Å². The summed E-state index contributed by atoms with van der Waals surface area (Å²) in [4.78, 5) is 11.0. The Morgan fingerprint density at radius 3 is 2.56 bits per heavy atom. The molecule has 0 atom stereocenters. The van der Waals surface area contributed by atoms with Crippen molar-refractivity contribution in [1.29, 1.82) is 0 Å². The van der Waals surface area contributed by atoms with Gasteiger partial charge in [-0.05, 0) is 18.6 Å². The highest BCUT2D eigenvalue weighted by atomic mass is 127. The number of alkyl halides is 4. The van der Waals surface area contributed by atoms with Crippen molar-refractivity contribution < 1.29 is 22.7 Å². The smallest absolute Gasteiger partial charge is 0.419 e. The molecule has 0 aliphatic heterocycles. The maximum absolute atomic E-state index is 12.6. The molecule has 16 heavy (non-hydrogen) atoms. The van der Waals surface area contributed by atoms with E-state index in [1.807, 2.05) is 0 Å². The van der Waals surface area contributed by atoms with Crippen LogP contribution in [0.3, 0.4) is 0 Å². The van der Waals surface area contributed by atoms with E-state index in [1.54, 1.807) is 22.6 Å². The van der Waals surface area contributed by atoms with Crippen LogP contribution in [0.4, 0.5) is 13.2 Å². The Morgan fingerprint density at radius 1 is 1.44 bits per heavy atom. The predicted octanol–water partition coefficient (Wildman–Crippen LogP) is 3.35. The highest BCUT2D eigenvalue weighted by molar-refractivity contribution is 14.1. The minimum Gasteiger partial charge on any atom is -0.425 e. The number of hydrogen-bond donors (Lipinski definition) is 0. The molecule has 0 amide bonds. The fourth-order valence-electron chi connectivity index (χ4n) is 1.15. The van der Waals surface area contributed by atoms with Gasteiger partial charge < -0.3 is 4.74 Å². The molecule has 0 N–H and O–H groups in total. The van der Waals surface area contributed by atoms with Crippen LogP contribution < -0.4 is 4.74 Å². The number of ether oxygens (including phenoxy) is 1. The van der Waals surface area contributed by atoms with E-state index in [-0.39, 0.29) is 9.99 Å². The van der Waals surface area contributed by atoms with Gasteiger partial charge in [-0.3, -0.25) is 4.79 Å². The van der Waals surface area contributed by atoms with Gasteiger partial charge in [0.05, 0.1) is 9.99 Å². The molecule has 1 rings (SSSR count). The average Bonchev–Trinajstić information content (AvgIpc) is 2.19. The Hall–Kier alpha value is -0.790. The first-order chi connectivity index (χ1) is 7.36. The van der Waals surface area contributed by atoms with Crippen molar-refractivity contribution >= 4 is 28.6 Å². The normalized spacial score (nSPS) is 11.3. The second kappa shape index (κ2) is 5.03. The summed E-state index contributed by atoms with van der Waals surface area (Å²) in [5.41, 5.74) is -0.640. The molecule has 6 heteroatoms. The molecule has 0 aromatic heterocycles. The zero-order valence-electron chi connectivity index (χ0n) is 8.27. The summed E-state index contributed by atoms with van der Waals surface area (Å²) in [6.07, 6.45) is -4.52. The molecule has 0 aliphatic carbocycles. The average molecular weight is 344 g/mol. The SMILES string of the molecule is Cc1cccc(C(F)(F)F)c1OC(=O)CI. The lowest BCUT2D eigenvalue weighted by Gasteiger charge is -2.14. The number of benzene rings is 1. The summed E-state index contributed by atoms with van der Waals surface area (Å²) in [6.45, 7) is 1.46. The van der Waals surface area contributed by atoms with Gasteiger partial charge in [0.25, 0.3) is 0 Å². The number of halogens is 4. The van der Waals surface area contributed by atoms with Crippen LogP contribution in [0.2, 0.25) is 0 Å². The maximum atomic E-state index is 12.6. The van der Waals surface area contributed by atoms with Crippen LogP contribution in [-0.4, -0.2) is 10.4 Å². The fraction of sp³-hybridized carbons (Fsp3) is 0.300. The van der Waals surface area contributed by atoms with Crippen molar-refractivity contribution in [2.75, 3.05) is 4.43 Å². The lowest BCUT2D eigenvalue weighted by molar-refractivity contribution is -0.141. The Balaban J connectivity index is 3.19. The predicted molar refractivity (Wildman–Crippen MR) is 60.7 cm³/mol. The second-order valence-electron chi connectivity index (χ2n) is 3.06. The molecule has 0 radical (unpaired) electrons. The van der Waals surface area contributed by atoms with E-state index in [2.05, 4.69) is 4.74 Å². The van der Waals surface area contributed by atoms with Gasteiger partial charge in [0.2, 0.25) is 0 Å². The lowest BCUT2D eigenvalue weighted by Crippen LogP contribution is -2.15. The van der Waals surface area contributed by atoms with Crippen molar-refractivity contribution in [3.05, 3.63) is 29.3 Å². The number of rotatable bonds is 2. The van der Waals surface area contributed by atoms with Crippen LogP contribution in [0.1, 0.15) is 11.1 Å². The van der Waals surface area contributed by atoms with Crippen molar-refractivity contribution in [2.45, 2.75) is 13.1 Å². The maximum Gasteiger partial charge on any atom is 0.419 e. The second-order valence-corrected chi connectivity index (χ2v) is 3.82. The van der Waals surface area contributed by atoms with Gasteiger partial charge in [-0.25, -0.2) is 0 Å². The zero-order chi connectivity index (χ0) is 12.3. The van der Waals surface area contributed by atoms with E-state index < -0.39 is 23.5 Å². The van der Waals surface area contributed by atoms with Gasteiger partial charge in [0, 0.05) is 0 Å². The van der Waals surface area contributed by atoms with Gasteiger partial charge in [-0.2, -0.15) is 13.2 Å². The van der Waals surface area contributed by atoms with E-state index >= 15 is 0 Å². The topological polar surface area (TPSA) is 26.3 Å². The monoisotopic (exact) mass is 344 g/mol.